The minimum absolute atomic E-state index is 0.0576. The molecule has 0 radical (unpaired) electrons. The number of ether oxygens (including phenoxy) is 2. The van der Waals surface area contributed by atoms with Gasteiger partial charge < -0.3 is 14.6 Å². The van der Waals surface area contributed by atoms with E-state index in [1.165, 1.54) is 411 Å². The molecular weight excluding hydrogens is 1100 g/mol. The molecule has 0 heterocycles. The zero-order valence-corrected chi connectivity index (χ0v) is 61.4. The number of carbonyl (C=O) groups excluding carboxylic acids is 2. The molecule has 532 valence electrons. The van der Waals surface area contributed by atoms with Crippen LogP contribution in [0, 0.1) is 0 Å². The predicted molar refractivity (Wildman–Crippen MR) is 399 cm³/mol. The Labute approximate surface area is 565 Å². The van der Waals surface area contributed by atoms with Crippen molar-refractivity contribution in [1.82, 2.24) is 0 Å². The molecule has 0 fully saturated rings. The Bertz CT molecular complexity index is 1430. The molecule has 0 saturated carbocycles. The number of hydrogen-bond donors (Lipinski definition) is 1. The highest BCUT2D eigenvalue weighted by Crippen LogP contribution is 2.20. The number of carbonyl (C=O) groups is 2. The largest absolute Gasteiger partial charge is 0.462 e. The fourth-order valence-corrected chi connectivity index (χ4v) is 13.2. The number of hydrogen-bond acceptors (Lipinski definition) is 5. The summed E-state index contributed by atoms with van der Waals surface area (Å²) in [6, 6.07) is 0. The van der Waals surface area contributed by atoms with Gasteiger partial charge in [-0.05, 0) is 70.6 Å². The summed E-state index contributed by atoms with van der Waals surface area (Å²) in [6.45, 7) is 4.20. The van der Waals surface area contributed by atoms with Gasteiger partial charge in [0.25, 0.3) is 0 Å². The van der Waals surface area contributed by atoms with Crippen molar-refractivity contribution in [3.8, 4) is 0 Å². The van der Waals surface area contributed by atoms with Crippen LogP contribution >= 0.6 is 0 Å². The molecule has 0 amide bonds. The third-order valence-electron chi connectivity index (χ3n) is 19.4. The Morgan fingerprint density at radius 2 is 0.444 bits per heavy atom. The van der Waals surface area contributed by atoms with E-state index in [2.05, 4.69) is 50.3 Å². The van der Waals surface area contributed by atoms with Crippen molar-refractivity contribution in [3.63, 3.8) is 0 Å². The summed E-state index contributed by atoms with van der Waals surface area (Å²) in [5.41, 5.74) is 0. The lowest BCUT2D eigenvalue weighted by atomic mass is 10.0. The molecule has 1 unspecified atom stereocenters. The maximum atomic E-state index is 12.4. The monoisotopic (exact) mass is 1260 g/mol. The fourth-order valence-electron chi connectivity index (χ4n) is 13.2. The molecule has 0 rings (SSSR count). The van der Waals surface area contributed by atoms with Crippen molar-refractivity contribution in [2.24, 2.45) is 0 Å². The molecule has 0 aliphatic rings. The van der Waals surface area contributed by atoms with Gasteiger partial charge in [0.15, 0.2) is 6.10 Å². The summed E-state index contributed by atoms with van der Waals surface area (Å²) in [4.78, 5) is 24.7. The highest BCUT2D eigenvalue weighted by atomic mass is 16.6. The Morgan fingerprint density at radius 3 is 0.667 bits per heavy atom. The predicted octanol–water partition coefficient (Wildman–Crippen LogP) is 29.2. The second kappa shape index (κ2) is 81.4. The molecule has 0 aromatic carbocycles. The van der Waals surface area contributed by atoms with Crippen LogP contribution in [-0.2, 0) is 19.1 Å². The van der Waals surface area contributed by atoms with E-state index in [1.54, 1.807) is 0 Å². The van der Waals surface area contributed by atoms with Crippen LogP contribution in [0.1, 0.15) is 476 Å². The molecule has 0 aliphatic heterocycles. The topological polar surface area (TPSA) is 72.8 Å². The van der Waals surface area contributed by atoms with Gasteiger partial charge >= 0.3 is 11.9 Å². The Hall–Kier alpha value is -1.88. The molecule has 0 aromatic rings. The Balaban J connectivity index is 3.34. The van der Waals surface area contributed by atoms with Gasteiger partial charge in [0.05, 0.1) is 6.61 Å². The maximum Gasteiger partial charge on any atom is 0.306 e. The third kappa shape index (κ3) is 78.6. The van der Waals surface area contributed by atoms with Crippen LogP contribution in [0.5, 0.6) is 0 Å². The van der Waals surface area contributed by atoms with Crippen LogP contribution in [0.25, 0.3) is 0 Å². The van der Waals surface area contributed by atoms with Crippen molar-refractivity contribution < 1.29 is 24.2 Å². The first kappa shape index (κ1) is 88.1. The maximum absolute atomic E-state index is 12.4. The third-order valence-corrected chi connectivity index (χ3v) is 19.4. The summed E-state index contributed by atoms with van der Waals surface area (Å²) in [5.74, 6) is -0.560. The van der Waals surface area contributed by atoms with Crippen molar-refractivity contribution in [2.45, 2.75) is 482 Å². The zero-order chi connectivity index (χ0) is 64.7. The van der Waals surface area contributed by atoms with Gasteiger partial charge in [0.2, 0.25) is 0 Å². The molecule has 1 atom stereocenters. The SMILES string of the molecule is CCCCCCC/C=C\C/C=C\CCCCCCCCCCCCCCCCCCCCCCCCCCCCCCCC(=O)OC(CO)COC(=O)CCCCCCCCCCCCCCCCCCCCCCCCC/C=C\CCCCCCCCCC. The Morgan fingerprint density at radius 1 is 0.256 bits per heavy atom. The first-order valence-electron chi connectivity index (χ1n) is 41.5. The summed E-state index contributed by atoms with van der Waals surface area (Å²) in [5, 5.41) is 9.73. The molecular formula is C85H162O5. The van der Waals surface area contributed by atoms with E-state index < -0.39 is 6.10 Å². The lowest BCUT2D eigenvalue weighted by Gasteiger charge is -2.15. The fraction of sp³-hybridized carbons (Fsp3) is 0.906. The van der Waals surface area contributed by atoms with E-state index in [0.29, 0.717) is 12.8 Å². The van der Waals surface area contributed by atoms with Crippen LogP contribution in [-0.4, -0.2) is 36.4 Å². The molecule has 0 bridgehead atoms. The van der Waals surface area contributed by atoms with Crippen molar-refractivity contribution in [3.05, 3.63) is 36.5 Å². The van der Waals surface area contributed by atoms with Gasteiger partial charge in [0.1, 0.15) is 6.61 Å². The van der Waals surface area contributed by atoms with E-state index in [0.717, 1.165) is 38.5 Å². The summed E-state index contributed by atoms with van der Waals surface area (Å²) >= 11 is 0. The number of rotatable bonds is 79. The summed E-state index contributed by atoms with van der Waals surface area (Å²) in [6.07, 6.45) is 110. The van der Waals surface area contributed by atoms with Gasteiger partial charge in [-0.25, -0.2) is 0 Å². The molecule has 0 aliphatic carbocycles. The molecule has 0 aromatic heterocycles. The normalized spacial score (nSPS) is 12.3. The average Bonchev–Trinajstić information content (AvgIpc) is 3.60. The number of unbranched alkanes of at least 4 members (excludes halogenated alkanes) is 65. The summed E-state index contributed by atoms with van der Waals surface area (Å²) < 4.78 is 10.8. The first-order valence-corrected chi connectivity index (χ1v) is 41.5. The van der Waals surface area contributed by atoms with E-state index in [-0.39, 0.29) is 25.2 Å². The van der Waals surface area contributed by atoms with Crippen molar-refractivity contribution in [1.29, 1.82) is 0 Å². The summed E-state index contributed by atoms with van der Waals surface area (Å²) in [7, 11) is 0. The van der Waals surface area contributed by atoms with E-state index in [1.807, 2.05) is 0 Å². The highest BCUT2D eigenvalue weighted by molar-refractivity contribution is 5.70. The van der Waals surface area contributed by atoms with Crippen molar-refractivity contribution >= 4 is 11.9 Å². The van der Waals surface area contributed by atoms with Gasteiger partial charge in [-0.3, -0.25) is 9.59 Å². The number of aliphatic hydroxyl groups is 1. The number of allylic oxidation sites excluding steroid dienone is 6. The molecule has 5 nitrogen and oxygen atoms in total. The van der Waals surface area contributed by atoms with E-state index in [4.69, 9.17) is 9.47 Å². The average molecular weight is 1260 g/mol. The lowest BCUT2D eigenvalue weighted by molar-refractivity contribution is -0.161. The lowest BCUT2D eigenvalue weighted by Crippen LogP contribution is -2.28. The van der Waals surface area contributed by atoms with Crippen LogP contribution in [0.2, 0.25) is 0 Å². The van der Waals surface area contributed by atoms with Crippen LogP contribution in [0.3, 0.4) is 0 Å². The standard InChI is InChI=1S/C85H162O5/c1-3-5-7-9-11-13-15-17-19-21-23-25-27-29-31-33-35-37-39-40-41-42-43-44-46-48-50-52-54-56-58-60-62-64-66-68-70-72-74-76-78-80-85(88)90-83(81-86)82-89-84(87)79-77-75-73-71-69-67-65-63-61-59-57-55-53-51-49-47-45-38-36-34-32-30-28-26-24-22-20-18-16-14-12-10-8-6-4-2/h15,17,21-24,83,86H,3-14,16,18-20,25-82H2,1-2H3/b17-15-,23-21-,24-22-. The van der Waals surface area contributed by atoms with Crippen LogP contribution in [0.15, 0.2) is 36.5 Å². The molecule has 0 spiro atoms. The Kier molecular flexibility index (Phi) is 79.7. The van der Waals surface area contributed by atoms with E-state index >= 15 is 0 Å². The van der Waals surface area contributed by atoms with Gasteiger partial charge in [-0.1, -0.05) is 429 Å². The number of esters is 2. The molecule has 90 heavy (non-hydrogen) atoms. The second-order valence-corrected chi connectivity index (χ2v) is 28.6. The molecule has 5 heteroatoms. The highest BCUT2D eigenvalue weighted by Gasteiger charge is 2.16. The second-order valence-electron chi connectivity index (χ2n) is 28.6. The van der Waals surface area contributed by atoms with E-state index in [9.17, 15) is 14.7 Å². The van der Waals surface area contributed by atoms with Gasteiger partial charge in [0, 0.05) is 12.8 Å². The van der Waals surface area contributed by atoms with Gasteiger partial charge in [-0.15, -0.1) is 0 Å². The molecule has 0 saturated heterocycles. The minimum atomic E-state index is -0.769. The zero-order valence-electron chi connectivity index (χ0n) is 61.4. The minimum Gasteiger partial charge on any atom is -0.462 e. The first-order chi connectivity index (χ1) is 44.6. The smallest absolute Gasteiger partial charge is 0.306 e. The van der Waals surface area contributed by atoms with Crippen LogP contribution in [0.4, 0.5) is 0 Å². The van der Waals surface area contributed by atoms with Crippen LogP contribution < -0.4 is 0 Å². The van der Waals surface area contributed by atoms with Crippen molar-refractivity contribution in [2.75, 3.05) is 13.2 Å². The number of aliphatic hydroxyl groups excluding tert-OH is 1. The van der Waals surface area contributed by atoms with Gasteiger partial charge in [-0.2, -0.15) is 0 Å². The quantitative estimate of drug-likeness (QED) is 0.0373. The molecule has 1 N–H and O–H groups in total.